The minimum absolute atomic E-state index is 0. The molecule has 5 aromatic rings. The number of thioether (sulfide) groups is 2. The average Bonchev–Trinajstić information content (AvgIpc) is 0.776. The summed E-state index contributed by atoms with van der Waals surface area (Å²) < 4.78 is 23.3. The van der Waals surface area contributed by atoms with E-state index in [0.717, 1.165) is 36.1 Å². The molecule has 0 saturated carbocycles. The van der Waals surface area contributed by atoms with Gasteiger partial charge in [-0.2, -0.15) is 23.5 Å². The normalized spacial score (nSPS) is 21.7. The van der Waals surface area contributed by atoms with Crippen LogP contribution in [0.1, 0.15) is 81.0 Å². The number of carbonyl (C=O) groups is 8. The van der Waals surface area contributed by atoms with E-state index in [9.17, 15) is 79.2 Å². The molecule has 2 aliphatic heterocycles. The van der Waals surface area contributed by atoms with Gasteiger partial charge in [0.1, 0.15) is 36.4 Å². The van der Waals surface area contributed by atoms with Crippen molar-refractivity contribution in [1.82, 2.24) is 31.9 Å². The van der Waals surface area contributed by atoms with Crippen LogP contribution in [0.25, 0.3) is 22.3 Å². The average molecular weight is 1460 g/mol. The van der Waals surface area contributed by atoms with Gasteiger partial charge in [0.25, 0.3) is 23.6 Å². The Hall–Kier alpha value is -5.36. The molecule has 2 saturated heterocycles. The van der Waals surface area contributed by atoms with Crippen LogP contribution in [0.4, 0.5) is 0 Å². The van der Waals surface area contributed by atoms with Crippen LogP contribution in [0.15, 0.2) is 132 Å². The van der Waals surface area contributed by atoms with Crippen LogP contribution in [0.5, 0.6) is 0 Å². The number of ether oxygens (including phenoxy) is 4. The molecule has 6 amide bonds. The Morgan fingerprint density at radius 2 is 0.887 bits per heavy atom. The fraction of sp³-hybridized carbons (Fsp3) is 0.424. The zero-order valence-electron chi connectivity index (χ0n) is 53.9. The molecule has 512 valence electrons. The van der Waals surface area contributed by atoms with Crippen molar-refractivity contribution in [1.29, 1.82) is 0 Å². The summed E-state index contributed by atoms with van der Waals surface area (Å²) >= 11 is 6.16. The van der Waals surface area contributed by atoms with Crippen molar-refractivity contribution in [2.45, 2.75) is 112 Å². The molecule has 0 spiro atoms. The number of aliphatic hydroxyl groups excluding tert-OH is 6. The second-order valence-corrected chi connectivity index (χ2v) is 25.8. The van der Waals surface area contributed by atoms with Gasteiger partial charge in [0.05, 0.1) is 55.3 Å². The molecule has 0 aliphatic carbocycles. The smallest absolute Gasteiger partial charge is 0.544 e. The van der Waals surface area contributed by atoms with Crippen molar-refractivity contribution < 1.29 is 157 Å². The van der Waals surface area contributed by atoms with E-state index in [-0.39, 0.29) is 121 Å². The van der Waals surface area contributed by atoms with Crippen molar-refractivity contribution in [3.8, 4) is 22.3 Å². The predicted octanol–water partition coefficient (Wildman–Crippen LogP) is -5.96. The Bertz CT molecular complexity index is 3420. The minimum atomic E-state index is -2.61. The summed E-state index contributed by atoms with van der Waals surface area (Å²) in [7, 11) is 0. The van der Waals surface area contributed by atoms with Crippen LogP contribution in [0, 0.1) is 0 Å². The molecule has 0 aromatic heterocycles. The standard InChI is InChI=1S/C66H79BrN6O20S2.2Na/c1-38(74)72-53-49(76)34-65(63(86)87,92-57(53)55(80)51(78)36-70-59(82)44-19-15-42(16-20-44)40-11-5-3-6-12-40)90-27-9-29-94-31-25-68-61(84)46-23-24-47(48(67)33-46)62(85)69-26-32-95-30-10-28-91-66(64(88)89)35-50(77)54(73-39(2)75)58(93-66)56(81)52(79)37-71-60(83)45-21-17-43(18-22-45)41-13-7-4-8-14-41;;/h3-8,11-24,33,49-58,76-81H,9-10,25-32,34-37H2,1-2H3,(H,68,84)(H,69,85)(H,70,82)(H,71,83)(H,72,74)(H,73,75)(H,86,87)(H,88,89);;/q;2*+1/p-2/t49-,50-,51+,52+,53+,54+,55+,56+,57+,58+,65+,66+;;/m0../s1. The maximum Gasteiger partial charge on any atom is 1.00 e. The van der Waals surface area contributed by atoms with Gasteiger partial charge in [0.2, 0.25) is 23.4 Å². The predicted molar refractivity (Wildman–Crippen MR) is 349 cm³/mol. The zero-order chi connectivity index (χ0) is 68.8. The monoisotopic (exact) mass is 1460 g/mol. The maximum atomic E-state index is 13.1. The van der Waals surface area contributed by atoms with Gasteiger partial charge in [-0.3, -0.25) is 28.8 Å². The first-order valence-corrected chi connectivity index (χ1v) is 33.6. The Labute approximate surface area is 621 Å². The molecule has 0 unspecified atom stereocenters. The number of nitrogens with one attached hydrogen (secondary N) is 6. The summed E-state index contributed by atoms with van der Waals surface area (Å²) in [5.74, 6) is -10.6. The number of hydrogen-bond acceptors (Lipinski definition) is 22. The second-order valence-electron chi connectivity index (χ2n) is 22.5. The zero-order valence-corrected chi connectivity index (χ0v) is 61.1. The van der Waals surface area contributed by atoms with E-state index < -0.39 is 146 Å². The Balaban J connectivity index is 0.00000850. The first-order valence-electron chi connectivity index (χ1n) is 30.5. The number of rotatable bonds is 34. The first-order chi connectivity index (χ1) is 45.4. The Kier molecular flexibility index (Phi) is 34.1. The van der Waals surface area contributed by atoms with Gasteiger partial charge in [0.15, 0.2) is 0 Å². The SMILES string of the molecule is CC(=O)N[C@H]1[C@H]([C@H](O)[C@H](O)CNC(=O)c2ccc(-c3ccccc3)cc2)O[C@@](OCCCSCCNC(=O)c2ccc(C(=O)NCCSCCCO[C@]3(C(=O)[O-])C[C@H](O)[C@@H](NC(C)=O)[C@H]([C@H](O)[C@H](O)CNC(=O)c4ccc(-c5ccccc5)cc4)O3)c(Br)c2)(C(=O)[O-])C[C@@H]1O.[Na+].[Na+]. The summed E-state index contributed by atoms with van der Waals surface area (Å²) in [6.45, 7) is 1.19. The molecule has 5 aromatic carbocycles. The number of carboxylic acids is 2. The first kappa shape index (κ1) is 82.3. The molecule has 97 heavy (non-hydrogen) atoms. The summed E-state index contributed by atoms with van der Waals surface area (Å²) in [6.07, 6.45) is -15.2. The van der Waals surface area contributed by atoms with Crippen molar-refractivity contribution in [3.05, 3.63) is 154 Å². The second kappa shape index (κ2) is 40.2. The molecule has 26 nitrogen and oxygen atoms in total. The molecule has 12 atom stereocenters. The van der Waals surface area contributed by atoms with Gasteiger partial charge in [0, 0.05) is 85.5 Å². The largest absolute Gasteiger partial charge is 1.00 e. The van der Waals surface area contributed by atoms with Gasteiger partial charge in [-0.05, 0) is 105 Å². The summed E-state index contributed by atoms with van der Waals surface area (Å²) in [6, 6.07) is 33.9. The van der Waals surface area contributed by atoms with Crippen LogP contribution < -0.4 is 101 Å². The molecule has 31 heteroatoms. The van der Waals surface area contributed by atoms with Gasteiger partial charge in [-0.1, -0.05) is 84.9 Å². The summed E-state index contributed by atoms with van der Waals surface area (Å²) in [5, 5.41) is 108. The molecular formula is C66H77BrN6Na2O20S2. The molecule has 2 fully saturated rings. The van der Waals surface area contributed by atoms with Crippen LogP contribution in [0.2, 0.25) is 0 Å². The van der Waals surface area contributed by atoms with Crippen molar-refractivity contribution in [2.24, 2.45) is 0 Å². The quantitative estimate of drug-likeness (QED) is 0.0135. The number of carbonyl (C=O) groups excluding carboxylic acids is 8. The van der Waals surface area contributed by atoms with Crippen molar-refractivity contribution in [2.75, 3.05) is 62.4 Å². The van der Waals surface area contributed by atoms with Crippen LogP contribution >= 0.6 is 39.5 Å². The van der Waals surface area contributed by atoms with Gasteiger partial charge in [-0.25, -0.2) is 0 Å². The van der Waals surface area contributed by atoms with Gasteiger partial charge in [-0.15, -0.1) is 0 Å². The molecule has 2 heterocycles. The van der Waals surface area contributed by atoms with E-state index in [1.807, 2.05) is 60.7 Å². The number of aliphatic carboxylic acids is 2. The van der Waals surface area contributed by atoms with E-state index in [1.54, 1.807) is 48.5 Å². The number of halogens is 1. The van der Waals surface area contributed by atoms with Gasteiger partial charge < -0.3 is 101 Å². The third-order valence-corrected chi connectivity index (χ3v) is 18.3. The van der Waals surface area contributed by atoms with E-state index >= 15 is 0 Å². The Morgan fingerprint density at radius 1 is 0.526 bits per heavy atom. The van der Waals surface area contributed by atoms with Crippen LogP contribution in [-0.4, -0.2) is 213 Å². The van der Waals surface area contributed by atoms with E-state index in [2.05, 4.69) is 47.8 Å². The molecule has 2 aliphatic rings. The summed E-state index contributed by atoms with van der Waals surface area (Å²) in [4.78, 5) is 102. The molecular weight excluding hydrogens is 1390 g/mol. The molecule has 0 bridgehead atoms. The summed E-state index contributed by atoms with van der Waals surface area (Å²) in [5.41, 5.74) is 4.62. The third-order valence-electron chi connectivity index (χ3n) is 15.5. The topological polar surface area (TPSA) is 413 Å². The molecule has 7 rings (SSSR count). The van der Waals surface area contributed by atoms with E-state index in [0.29, 0.717) is 27.5 Å². The van der Waals surface area contributed by atoms with Gasteiger partial charge >= 0.3 is 59.1 Å². The van der Waals surface area contributed by atoms with Crippen LogP contribution in [0.3, 0.4) is 0 Å². The Morgan fingerprint density at radius 3 is 1.26 bits per heavy atom. The maximum absolute atomic E-state index is 13.1. The fourth-order valence-electron chi connectivity index (χ4n) is 10.6. The van der Waals surface area contributed by atoms with Crippen molar-refractivity contribution >= 4 is 86.8 Å². The third kappa shape index (κ3) is 23.6. The number of amides is 6. The van der Waals surface area contributed by atoms with Crippen molar-refractivity contribution in [3.63, 3.8) is 0 Å². The van der Waals surface area contributed by atoms with E-state index in [4.69, 9.17) is 18.9 Å². The minimum Gasteiger partial charge on any atom is -0.544 e. The fourth-order valence-corrected chi connectivity index (χ4v) is 12.7. The van der Waals surface area contributed by atoms with Crippen LogP contribution in [-0.2, 0) is 38.1 Å². The number of carboxylic acid groups (broad SMARTS) is 2. The van der Waals surface area contributed by atoms with E-state index in [1.165, 1.54) is 41.7 Å². The molecule has 0 radical (unpaired) electrons. The molecule has 12 N–H and O–H groups in total. The number of hydrogen-bond donors (Lipinski definition) is 12. The number of benzene rings is 5. The number of aliphatic hydroxyl groups is 6.